The van der Waals surface area contributed by atoms with E-state index in [9.17, 15) is 0 Å². The monoisotopic (exact) mass is 239 g/mol. The maximum Gasteiger partial charge on any atom is 0.0110 e. The lowest BCUT2D eigenvalue weighted by molar-refractivity contribution is 0.134. The number of rotatable bonds is 5. The van der Waals surface area contributed by atoms with Crippen LogP contribution in [0.3, 0.4) is 0 Å². The van der Waals surface area contributed by atoms with E-state index in [0.717, 1.165) is 6.04 Å². The molecular formula is C14H29N3. The maximum absolute atomic E-state index is 3.65. The van der Waals surface area contributed by atoms with Gasteiger partial charge in [0, 0.05) is 32.2 Å². The average Bonchev–Trinajstić information content (AvgIpc) is 2.41. The van der Waals surface area contributed by atoms with Crippen LogP contribution >= 0.6 is 0 Å². The third-order valence-corrected chi connectivity index (χ3v) is 4.35. The molecule has 1 unspecified atom stereocenters. The molecule has 0 saturated carbocycles. The van der Waals surface area contributed by atoms with Crippen molar-refractivity contribution in [1.82, 2.24) is 15.1 Å². The fraction of sp³-hybridized carbons (Fsp3) is 1.00. The van der Waals surface area contributed by atoms with Gasteiger partial charge in [-0.3, -0.25) is 0 Å². The molecule has 0 aromatic heterocycles. The Bertz CT molecular complexity index is 194. The molecule has 2 aliphatic rings. The number of piperazine rings is 1. The Hall–Kier alpha value is -0.120. The summed E-state index contributed by atoms with van der Waals surface area (Å²) in [4.78, 5) is 5.20. The number of nitrogens with zero attached hydrogens (tertiary/aromatic N) is 2. The van der Waals surface area contributed by atoms with E-state index in [1.165, 1.54) is 77.9 Å². The van der Waals surface area contributed by atoms with Crippen molar-refractivity contribution in [3.63, 3.8) is 0 Å². The van der Waals surface area contributed by atoms with Crippen molar-refractivity contribution < 1.29 is 0 Å². The van der Waals surface area contributed by atoms with Crippen LogP contribution in [0.2, 0.25) is 0 Å². The minimum atomic E-state index is 0.820. The van der Waals surface area contributed by atoms with Crippen molar-refractivity contribution in [3.05, 3.63) is 0 Å². The molecule has 0 aromatic rings. The van der Waals surface area contributed by atoms with E-state index in [1.807, 2.05) is 0 Å². The molecular weight excluding hydrogens is 210 g/mol. The van der Waals surface area contributed by atoms with E-state index in [4.69, 9.17) is 0 Å². The van der Waals surface area contributed by atoms with Crippen molar-refractivity contribution >= 4 is 0 Å². The molecule has 1 atom stereocenters. The number of hydrogen-bond acceptors (Lipinski definition) is 3. The third kappa shape index (κ3) is 4.57. The molecule has 2 heterocycles. The zero-order valence-corrected chi connectivity index (χ0v) is 11.5. The summed E-state index contributed by atoms with van der Waals surface area (Å²) in [7, 11) is 0. The minimum absolute atomic E-state index is 0.820. The molecule has 2 aliphatic heterocycles. The molecule has 0 spiro atoms. The Morgan fingerprint density at radius 2 is 1.82 bits per heavy atom. The summed E-state index contributed by atoms with van der Waals surface area (Å²) in [5.74, 6) is 0. The van der Waals surface area contributed by atoms with Crippen LogP contribution in [0.1, 0.15) is 39.0 Å². The summed E-state index contributed by atoms with van der Waals surface area (Å²) in [6.07, 6.45) is 6.99. The average molecular weight is 239 g/mol. The van der Waals surface area contributed by atoms with Crippen LogP contribution < -0.4 is 5.32 Å². The second kappa shape index (κ2) is 7.34. The number of piperidine rings is 1. The molecule has 2 fully saturated rings. The molecule has 100 valence electrons. The van der Waals surface area contributed by atoms with Gasteiger partial charge in [-0.2, -0.15) is 0 Å². The zero-order chi connectivity index (χ0) is 11.9. The van der Waals surface area contributed by atoms with Gasteiger partial charge in [-0.25, -0.2) is 0 Å². The smallest absolute Gasteiger partial charge is 0.0110 e. The highest BCUT2D eigenvalue weighted by molar-refractivity contribution is 4.74. The van der Waals surface area contributed by atoms with Crippen LogP contribution in [0.4, 0.5) is 0 Å². The highest BCUT2D eigenvalue weighted by Crippen LogP contribution is 2.12. The van der Waals surface area contributed by atoms with Crippen LogP contribution in [0.25, 0.3) is 0 Å². The van der Waals surface area contributed by atoms with Gasteiger partial charge >= 0.3 is 0 Å². The minimum Gasteiger partial charge on any atom is -0.314 e. The van der Waals surface area contributed by atoms with Gasteiger partial charge in [0.05, 0.1) is 0 Å². The second-order valence-electron chi connectivity index (χ2n) is 5.56. The Labute approximate surface area is 107 Å². The summed E-state index contributed by atoms with van der Waals surface area (Å²) in [6, 6.07) is 0.820. The predicted octanol–water partition coefficient (Wildman–Crippen LogP) is 1.55. The van der Waals surface area contributed by atoms with E-state index in [2.05, 4.69) is 22.0 Å². The highest BCUT2D eigenvalue weighted by Gasteiger charge is 2.16. The van der Waals surface area contributed by atoms with Crippen LogP contribution in [0.15, 0.2) is 0 Å². The Morgan fingerprint density at radius 1 is 1.06 bits per heavy atom. The van der Waals surface area contributed by atoms with E-state index >= 15 is 0 Å². The molecule has 0 amide bonds. The number of likely N-dealkylation sites (N-methyl/N-ethyl adjacent to an activating group) is 1. The fourth-order valence-corrected chi connectivity index (χ4v) is 3.06. The van der Waals surface area contributed by atoms with Gasteiger partial charge in [-0.1, -0.05) is 13.3 Å². The molecule has 3 heteroatoms. The van der Waals surface area contributed by atoms with Gasteiger partial charge in [0.2, 0.25) is 0 Å². The Balaban J connectivity index is 1.53. The lowest BCUT2D eigenvalue weighted by Crippen LogP contribution is -2.46. The molecule has 1 N–H and O–H groups in total. The van der Waals surface area contributed by atoms with Crippen molar-refractivity contribution in [3.8, 4) is 0 Å². The molecule has 0 aromatic carbocycles. The first kappa shape index (κ1) is 13.3. The lowest BCUT2D eigenvalue weighted by atomic mass is 10.0. The molecule has 3 nitrogen and oxygen atoms in total. The summed E-state index contributed by atoms with van der Waals surface area (Å²) < 4.78 is 0. The van der Waals surface area contributed by atoms with Crippen molar-refractivity contribution in [2.75, 3.05) is 45.8 Å². The molecule has 0 radical (unpaired) electrons. The van der Waals surface area contributed by atoms with Gasteiger partial charge in [0.15, 0.2) is 0 Å². The van der Waals surface area contributed by atoms with Crippen LogP contribution in [0, 0.1) is 0 Å². The van der Waals surface area contributed by atoms with E-state index in [0.29, 0.717) is 0 Å². The van der Waals surface area contributed by atoms with E-state index < -0.39 is 0 Å². The zero-order valence-electron chi connectivity index (χ0n) is 11.5. The lowest BCUT2D eigenvalue weighted by Gasteiger charge is -2.34. The normalized spacial score (nSPS) is 28.4. The number of hydrogen-bond donors (Lipinski definition) is 1. The number of nitrogens with one attached hydrogen (secondary N) is 1. The van der Waals surface area contributed by atoms with Gasteiger partial charge in [-0.15, -0.1) is 0 Å². The first-order valence-electron chi connectivity index (χ1n) is 7.56. The third-order valence-electron chi connectivity index (χ3n) is 4.35. The molecule has 0 bridgehead atoms. The summed E-state index contributed by atoms with van der Waals surface area (Å²) in [5.41, 5.74) is 0. The molecule has 0 aliphatic carbocycles. The Kier molecular flexibility index (Phi) is 5.75. The fourth-order valence-electron chi connectivity index (χ4n) is 3.06. The summed E-state index contributed by atoms with van der Waals surface area (Å²) in [6.45, 7) is 11.2. The van der Waals surface area contributed by atoms with Crippen molar-refractivity contribution in [2.45, 2.75) is 45.1 Å². The van der Waals surface area contributed by atoms with Crippen molar-refractivity contribution in [2.24, 2.45) is 0 Å². The van der Waals surface area contributed by atoms with Gasteiger partial charge in [-0.05, 0) is 45.3 Å². The van der Waals surface area contributed by atoms with Crippen LogP contribution in [-0.2, 0) is 0 Å². The van der Waals surface area contributed by atoms with Gasteiger partial charge in [0.1, 0.15) is 0 Å². The molecule has 17 heavy (non-hydrogen) atoms. The standard InChI is InChI=1S/C14H29N3/c1-2-16-10-12-17(13-11-16)9-5-7-14-6-3-4-8-15-14/h14-15H,2-13H2,1H3. The van der Waals surface area contributed by atoms with Crippen LogP contribution in [-0.4, -0.2) is 61.7 Å². The van der Waals surface area contributed by atoms with Crippen LogP contribution in [0.5, 0.6) is 0 Å². The summed E-state index contributed by atoms with van der Waals surface area (Å²) in [5, 5.41) is 3.65. The maximum atomic E-state index is 3.65. The van der Waals surface area contributed by atoms with Gasteiger partial charge in [0.25, 0.3) is 0 Å². The first-order valence-corrected chi connectivity index (χ1v) is 7.56. The first-order chi connectivity index (χ1) is 8.38. The van der Waals surface area contributed by atoms with Crippen molar-refractivity contribution in [1.29, 1.82) is 0 Å². The molecule has 2 rings (SSSR count). The topological polar surface area (TPSA) is 18.5 Å². The highest BCUT2D eigenvalue weighted by atomic mass is 15.3. The SMILES string of the molecule is CCN1CCN(CCCC2CCCCN2)CC1. The predicted molar refractivity (Wildman–Crippen MR) is 73.4 cm³/mol. The van der Waals surface area contributed by atoms with E-state index in [-0.39, 0.29) is 0 Å². The quantitative estimate of drug-likeness (QED) is 0.785. The second-order valence-corrected chi connectivity index (χ2v) is 5.56. The van der Waals surface area contributed by atoms with Gasteiger partial charge < -0.3 is 15.1 Å². The van der Waals surface area contributed by atoms with E-state index in [1.54, 1.807) is 0 Å². The Morgan fingerprint density at radius 3 is 2.47 bits per heavy atom. The molecule has 2 saturated heterocycles. The largest absolute Gasteiger partial charge is 0.314 e. The summed E-state index contributed by atoms with van der Waals surface area (Å²) >= 11 is 0.